The molecule has 8 nitrogen and oxygen atoms in total. The second kappa shape index (κ2) is 7.55. The molecule has 0 atom stereocenters. The average molecular weight is 381 g/mol. The number of nitrogens with one attached hydrogen (secondary N) is 2. The number of thiophene rings is 1. The molecule has 2 rings (SSSR count). The summed E-state index contributed by atoms with van der Waals surface area (Å²) < 4.78 is 27.6. The van der Waals surface area contributed by atoms with Crippen LogP contribution in [-0.4, -0.2) is 31.7 Å². The Kier molecular flexibility index (Phi) is 5.67. The molecule has 132 valence electrons. The van der Waals surface area contributed by atoms with Gasteiger partial charge in [-0.25, -0.2) is 5.48 Å². The number of rotatable bonds is 7. The Balaban J connectivity index is 2.24. The number of guanidine groups is 1. The van der Waals surface area contributed by atoms with Crippen LogP contribution in [0.2, 0.25) is 0 Å². The summed E-state index contributed by atoms with van der Waals surface area (Å²) in [5, 5.41) is 8.62. The van der Waals surface area contributed by atoms with E-state index < -0.39 is 27.6 Å². The topological polar surface area (TPSA) is 139 Å². The van der Waals surface area contributed by atoms with E-state index in [1.165, 1.54) is 30.4 Å². The maximum Gasteiger partial charge on any atom is 0.295 e. The zero-order valence-electron chi connectivity index (χ0n) is 13.1. The molecule has 4 N–H and O–H groups in total. The Bertz CT molecular complexity index is 934. The van der Waals surface area contributed by atoms with Crippen molar-refractivity contribution >= 4 is 39.0 Å². The van der Waals surface area contributed by atoms with Crippen LogP contribution in [0.3, 0.4) is 0 Å². The summed E-state index contributed by atoms with van der Waals surface area (Å²) in [6.07, 6.45) is 0. The summed E-state index contributed by atoms with van der Waals surface area (Å²) in [7, 11) is -4.25. The van der Waals surface area contributed by atoms with Crippen molar-refractivity contribution in [2.45, 2.75) is 6.92 Å². The van der Waals surface area contributed by atoms with E-state index in [2.05, 4.69) is 4.28 Å². The molecule has 0 spiro atoms. The summed E-state index contributed by atoms with van der Waals surface area (Å²) >= 11 is 1.30. The van der Waals surface area contributed by atoms with Crippen molar-refractivity contribution in [3.05, 3.63) is 46.2 Å². The van der Waals surface area contributed by atoms with E-state index in [9.17, 15) is 18.0 Å². The monoisotopic (exact) mass is 381 g/mol. The molecular formula is C15H15N3O5S2. The third-order valence-electron chi connectivity index (χ3n) is 3.07. The molecule has 0 saturated carbocycles. The Morgan fingerprint density at radius 2 is 2.04 bits per heavy atom. The summed E-state index contributed by atoms with van der Waals surface area (Å²) in [5.41, 5.74) is 8.09. The van der Waals surface area contributed by atoms with Gasteiger partial charge in [0.25, 0.3) is 10.1 Å². The van der Waals surface area contributed by atoms with Crippen LogP contribution in [0.25, 0.3) is 11.1 Å². The lowest BCUT2D eigenvalue weighted by molar-refractivity contribution is 0.101. The highest BCUT2D eigenvalue weighted by Gasteiger charge is 2.20. The predicted molar refractivity (Wildman–Crippen MR) is 94.0 cm³/mol. The molecule has 1 heterocycles. The normalized spacial score (nSPS) is 11.1. The van der Waals surface area contributed by atoms with Crippen molar-refractivity contribution in [3.63, 3.8) is 0 Å². The van der Waals surface area contributed by atoms with Gasteiger partial charge in [-0.2, -0.15) is 8.42 Å². The first-order valence-electron chi connectivity index (χ1n) is 6.93. The van der Waals surface area contributed by atoms with Crippen LogP contribution in [0, 0.1) is 5.41 Å². The van der Waals surface area contributed by atoms with Crippen LogP contribution < -0.4 is 11.2 Å². The molecule has 2 aromatic rings. The first-order valence-corrected chi connectivity index (χ1v) is 9.38. The summed E-state index contributed by atoms with van der Waals surface area (Å²) in [5.74, 6) is -2.40. The Hall–Kier alpha value is -2.56. The van der Waals surface area contributed by atoms with Crippen LogP contribution in [0.5, 0.6) is 0 Å². The average Bonchev–Trinajstić information content (AvgIpc) is 3.03. The minimum atomic E-state index is -4.25. The van der Waals surface area contributed by atoms with E-state index in [1.54, 1.807) is 29.1 Å². The van der Waals surface area contributed by atoms with E-state index in [1.807, 2.05) is 0 Å². The number of hydrogen-bond acceptors (Lipinski definition) is 7. The minimum absolute atomic E-state index is 0.0898. The number of nitrogens with two attached hydrogens (primary N) is 1. The van der Waals surface area contributed by atoms with Gasteiger partial charge in [0, 0.05) is 11.1 Å². The number of carbonyl (C=O) groups is 2. The van der Waals surface area contributed by atoms with Crippen molar-refractivity contribution < 1.29 is 22.3 Å². The van der Waals surface area contributed by atoms with E-state index in [0.29, 0.717) is 16.0 Å². The number of hydrogen-bond donors (Lipinski definition) is 3. The van der Waals surface area contributed by atoms with Crippen LogP contribution in [-0.2, 0) is 14.4 Å². The van der Waals surface area contributed by atoms with Crippen LogP contribution >= 0.6 is 11.3 Å². The van der Waals surface area contributed by atoms with Gasteiger partial charge >= 0.3 is 0 Å². The Labute approximate surface area is 148 Å². The third-order valence-corrected chi connectivity index (χ3v) is 5.04. The van der Waals surface area contributed by atoms with Crippen LogP contribution in [0.4, 0.5) is 0 Å². The number of carbonyl (C=O) groups excluding carboxylic acids is 2. The molecule has 0 radical (unpaired) electrons. The number of hydroxylamine groups is 1. The highest BCUT2D eigenvalue weighted by atomic mass is 32.2. The quantitative estimate of drug-likeness (QED) is 0.286. The molecule has 10 heteroatoms. The summed E-state index contributed by atoms with van der Waals surface area (Å²) in [6, 6.07) is 8.09. The molecule has 1 aromatic heterocycles. The first-order chi connectivity index (χ1) is 11.7. The zero-order chi connectivity index (χ0) is 18.6. The van der Waals surface area contributed by atoms with Gasteiger partial charge < -0.3 is 5.73 Å². The van der Waals surface area contributed by atoms with Gasteiger partial charge in [0.1, 0.15) is 5.75 Å². The molecule has 25 heavy (non-hydrogen) atoms. The number of ketones is 2. The van der Waals surface area contributed by atoms with Gasteiger partial charge in [-0.1, -0.05) is 18.2 Å². The molecule has 0 fully saturated rings. The van der Waals surface area contributed by atoms with Crippen molar-refractivity contribution in [2.24, 2.45) is 5.73 Å². The van der Waals surface area contributed by atoms with E-state index >= 15 is 0 Å². The van der Waals surface area contributed by atoms with E-state index in [-0.39, 0.29) is 11.3 Å². The smallest absolute Gasteiger partial charge is 0.295 e. The maximum atomic E-state index is 12.2. The largest absolute Gasteiger partial charge is 0.368 e. The standard InChI is InChI=1S/C15H15N3O5S2/c1-9(19)14-12(5-6-24-14)10-3-2-4-11(7-10)13(20)8-25(21,22)23-18-15(16)17/h2-7H,8H2,1H3,(H4,16,17,18). The molecule has 0 aliphatic heterocycles. The van der Waals surface area contributed by atoms with E-state index in [4.69, 9.17) is 11.1 Å². The fourth-order valence-corrected chi connectivity index (χ4v) is 3.63. The summed E-state index contributed by atoms with van der Waals surface area (Å²) in [6.45, 7) is 1.45. The molecular weight excluding hydrogens is 366 g/mol. The molecule has 0 amide bonds. The lowest BCUT2D eigenvalue weighted by atomic mass is 10.0. The number of benzene rings is 1. The van der Waals surface area contributed by atoms with Crippen LogP contribution in [0.1, 0.15) is 27.0 Å². The zero-order valence-corrected chi connectivity index (χ0v) is 14.7. The fourth-order valence-electron chi connectivity index (χ4n) is 2.05. The highest BCUT2D eigenvalue weighted by molar-refractivity contribution is 7.87. The van der Waals surface area contributed by atoms with Gasteiger partial charge in [-0.15, -0.1) is 15.6 Å². The van der Waals surface area contributed by atoms with Crippen molar-refractivity contribution in [1.82, 2.24) is 5.48 Å². The molecule has 0 aliphatic carbocycles. The van der Waals surface area contributed by atoms with Gasteiger partial charge in [-0.05, 0) is 30.0 Å². The molecule has 0 saturated heterocycles. The van der Waals surface area contributed by atoms with Crippen molar-refractivity contribution in [3.8, 4) is 11.1 Å². The predicted octanol–water partition coefficient (Wildman–Crippen LogP) is 1.54. The lowest BCUT2D eigenvalue weighted by Crippen LogP contribution is -2.34. The molecule has 0 bridgehead atoms. The molecule has 1 aromatic carbocycles. The maximum absolute atomic E-state index is 12.2. The van der Waals surface area contributed by atoms with Crippen molar-refractivity contribution in [2.75, 3.05) is 5.75 Å². The van der Waals surface area contributed by atoms with Gasteiger partial charge in [0.15, 0.2) is 11.6 Å². The third kappa shape index (κ3) is 4.95. The Morgan fingerprint density at radius 3 is 2.68 bits per heavy atom. The van der Waals surface area contributed by atoms with Crippen molar-refractivity contribution in [1.29, 1.82) is 5.41 Å². The fraction of sp³-hybridized carbons (Fsp3) is 0.133. The van der Waals surface area contributed by atoms with Gasteiger partial charge in [0.2, 0.25) is 5.96 Å². The van der Waals surface area contributed by atoms with E-state index in [0.717, 1.165) is 0 Å². The Morgan fingerprint density at radius 1 is 1.32 bits per heavy atom. The minimum Gasteiger partial charge on any atom is -0.368 e. The van der Waals surface area contributed by atoms with Crippen LogP contribution in [0.15, 0.2) is 35.7 Å². The van der Waals surface area contributed by atoms with Gasteiger partial charge in [-0.3, -0.25) is 15.0 Å². The summed E-state index contributed by atoms with van der Waals surface area (Å²) in [4.78, 5) is 24.4. The van der Waals surface area contributed by atoms with Gasteiger partial charge in [0.05, 0.1) is 4.88 Å². The first kappa shape index (κ1) is 18.8. The number of Topliss-reactive ketones (excluding diaryl/α,β-unsaturated/α-hetero) is 2. The SMILES string of the molecule is CC(=O)c1sccc1-c1cccc(C(=O)CS(=O)(=O)ONC(=N)N)c1. The molecule has 0 aliphatic rings. The highest BCUT2D eigenvalue weighted by Crippen LogP contribution is 2.29. The second-order valence-electron chi connectivity index (χ2n) is 5.02. The lowest BCUT2D eigenvalue weighted by Gasteiger charge is -2.07. The molecule has 0 unspecified atom stereocenters. The second-order valence-corrected chi connectivity index (χ2v) is 7.51.